The van der Waals surface area contributed by atoms with Gasteiger partial charge in [0.25, 0.3) is 0 Å². The third-order valence-electron chi connectivity index (χ3n) is 3.45. The molecule has 6 nitrogen and oxygen atoms in total. The highest BCUT2D eigenvalue weighted by Gasteiger charge is 2.30. The number of carbonyl (C=O) groups excluding carboxylic acids is 1. The average Bonchev–Trinajstić information content (AvgIpc) is 2.80. The van der Waals surface area contributed by atoms with Crippen molar-refractivity contribution in [1.29, 1.82) is 0 Å². The highest BCUT2D eigenvalue weighted by atomic mass is 16.1. The molecule has 1 atom stereocenters. The van der Waals surface area contributed by atoms with Crippen LogP contribution in [0.1, 0.15) is 24.1 Å². The van der Waals surface area contributed by atoms with E-state index < -0.39 is 0 Å². The average molecular weight is 237 g/mol. The Morgan fingerprint density at radius 2 is 2.29 bits per heavy atom. The lowest BCUT2D eigenvalue weighted by atomic mass is 10.2. The second-order valence-electron chi connectivity index (χ2n) is 4.60. The zero-order valence-corrected chi connectivity index (χ0v) is 10.3. The van der Waals surface area contributed by atoms with Crippen LogP contribution in [-0.2, 0) is 18.4 Å². The first-order chi connectivity index (χ1) is 8.00. The van der Waals surface area contributed by atoms with E-state index in [0.29, 0.717) is 12.4 Å². The predicted octanol–water partition coefficient (Wildman–Crippen LogP) is -0.240. The van der Waals surface area contributed by atoms with E-state index >= 15 is 0 Å². The molecule has 1 aromatic rings. The van der Waals surface area contributed by atoms with Crippen LogP contribution >= 0.6 is 0 Å². The van der Waals surface area contributed by atoms with Gasteiger partial charge in [0.2, 0.25) is 5.91 Å². The third kappa shape index (κ3) is 2.12. The van der Waals surface area contributed by atoms with Gasteiger partial charge < -0.3 is 11.5 Å². The lowest BCUT2D eigenvalue weighted by molar-refractivity contribution is -0.122. The van der Waals surface area contributed by atoms with E-state index in [-0.39, 0.29) is 11.9 Å². The van der Waals surface area contributed by atoms with Gasteiger partial charge in [0.1, 0.15) is 5.82 Å². The van der Waals surface area contributed by atoms with Crippen molar-refractivity contribution in [2.75, 3.05) is 12.3 Å². The van der Waals surface area contributed by atoms with Crippen molar-refractivity contribution >= 4 is 11.7 Å². The highest BCUT2D eigenvalue weighted by molar-refractivity contribution is 5.80. The zero-order valence-electron chi connectivity index (χ0n) is 10.3. The lowest BCUT2D eigenvalue weighted by Crippen LogP contribution is -2.39. The maximum absolute atomic E-state index is 11.3. The molecular weight excluding hydrogens is 218 g/mol. The first-order valence-corrected chi connectivity index (χ1v) is 5.82. The van der Waals surface area contributed by atoms with Crippen LogP contribution in [0.3, 0.4) is 0 Å². The summed E-state index contributed by atoms with van der Waals surface area (Å²) >= 11 is 0. The molecule has 0 aromatic carbocycles. The Morgan fingerprint density at radius 1 is 1.59 bits per heavy atom. The van der Waals surface area contributed by atoms with Gasteiger partial charge in [-0.3, -0.25) is 14.4 Å². The Hall–Kier alpha value is -1.56. The first-order valence-electron chi connectivity index (χ1n) is 5.82. The molecule has 1 saturated heterocycles. The molecule has 1 unspecified atom stereocenters. The van der Waals surface area contributed by atoms with Crippen LogP contribution in [0.4, 0.5) is 5.82 Å². The van der Waals surface area contributed by atoms with Crippen molar-refractivity contribution in [2.24, 2.45) is 12.8 Å². The second kappa shape index (κ2) is 4.37. The molecule has 6 heteroatoms. The maximum atomic E-state index is 11.3. The lowest BCUT2D eigenvalue weighted by Gasteiger charge is -2.21. The van der Waals surface area contributed by atoms with E-state index in [2.05, 4.69) is 10.00 Å². The highest BCUT2D eigenvalue weighted by Crippen LogP contribution is 2.23. The largest absolute Gasteiger partial charge is 0.384 e. The van der Waals surface area contributed by atoms with Crippen LogP contribution in [0.5, 0.6) is 0 Å². The number of primary amides is 1. The minimum Gasteiger partial charge on any atom is -0.384 e. The van der Waals surface area contributed by atoms with Crippen molar-refractivity contribution in [2.45, 2.75) is 32.4 Å². The van der Waals surface area contributed by atoms with Crippen molar-refractivity contribution in [3.8, 4) is 0 Å². The summed E-state index contributed by atoms with van der Waals surface area (Å²) in [4.78, 5) is 13.4. The minimum absolute atomic E-state index is 0.158. The van der Waals surface area contributed by atoms with Gasteiger partial charge in [-0.05, 0) is 26.3 Å². The fraction of sp³-hybridized carbons (Fsp3) is 0.636. The number of likely N-dealkylation sites (tertiary alicyclic amines) is 1. The van der Waals surface area contributed by atoms with E-state index in [1.165, 1.54) is 0 Å². The molecule has 2 rings (SSSR count). The third-order valence-corrected chi connectivity index (χ3v) is 3.45. The molecule has 0 saturated carbocycles. The summed E-state index contributed by atoms with van der Waals surface area (Å²) in [5.41, 5.74) is 13.3. The predicted molar refractivity (Wildman–Crippen MR) is 65.0 cm³/mol. The van der Waals surface area contributed by atoms with Crippen molar-refractivity contribution in [3.63, 3.8) is 0 Å². The van der Waals surface area contributed by atoms with Gasteiger partial charge in [-0.15, -0.1) is 0 Å². The van der Waals surface area contributed by atoms with E-state index in [1.54, 1.807) is 4.68 Å². The van der Waals surface area contributed by atoms with Gasteiger partial charge in [-0.1, -0.05) is 0 Å². The molecule has 0 radical (unpaired) electrons. The number of nitrogens with zero attached hydrogens (tertiary/aromatic N) is 3. The normalized spacial score (nSPS) is 20.9. The van der Waals surface area contributed by atoms with Crippen molar-refractivity contribution in [1.82, 2.24) is 14.7 Å². The van der Waals surface area contributed by atoms with Crippen molar-refractivity contribution < 1.29 is 4.79 Å². The number of nitrogens with two attached hydrogens (primary N) is 2. The SMILES string of the molecule is Cc1nn(C)c(N)c1CN1CCCC1C(N)=O. The number of amides is 1. The zero-order chi connectivity index (χ0) is 12.6. The van der Waals surface area contributed by atoms with Gasteiger partial charge in [0.05, 0.1) is 11.7 Å². The summed E-state index contributed by atoms with van der Waals surface area (Å²) in [7, 11) is 1.82. The summed E-state index contributed by atoms with van der Waals surface area (Å²) in [6.07, 6.45) is 1.85. The smallest absolute Gasteiger partial charge is 0.234 e. The molecular formula is C11H19N5O. The van der Waals surface area contributed by atoms with Crippen LogP contribution in [0.2, 0.25) is 0 Å². The maximum Gasteiger partial charge on any atom is 0.234 e. The van der Waals surface area contributed by atoms with Gasteiger partial charge in [0.15, 0.2) is 0 Å². The summed E-state index contributed by atoms with van der Waals surface area (Å²) < 4.78 is 1.67. The number of aryl methyl sites for hydroxylation is 2. The van der Waals surface area contributed by atoms with E-state index in [4.69, 9.17) is 11.5 Å². The number of aromatic nitrogens is 2. The second-order valence-corrected chi connectivity index (χ2v) is 4.60. The molecule has 1 fully saturated rings. The molecule has 4 N–H and O–H groups in total. The van der Waals surface area contributed by atoms with Crippen LogP contribution in [0, 0.1) is 6.92 Å². The Kier molecular flexibility index (Phi) is 3.06. The molecule has 1 aromatic heterocycles. The number of rotatable bonds is 3. The number of nitrogen functional groups attached to an aromatic ring is 1. The molecule has 1 aliphatic rings. The number of carbonyl (C=O) groups is 1. The fourth-order valence-electron chi connectivity index (χ4n) is 2.46. The van der Waals surface area contributed by atoms with E-state index in [1.807, 2.05) is 14.0 Å². The van der Waals surface area contributed by atoms with Gasteiger partial charge in [-0.2, -0.15) is 5.10 Å². The summed E-state index contributed by atoms with van der Waals surface area (Å²) in [6, 6.07) is -0.158. The molecule has 94 valence electrons. The first kappa shape index (κ1) is 11.9. The molecule has 0 bridgehead atoms. The number of hydrogen-bond donors (Lipinski definition) is 2. The number of hydrogen-bond acceptors (Lipinski definition) is 4. The monoisotopic (exact) mass is 237 g/mol. The van der Waals surface area contributed by atoms with E-state index in [9.17, 15) is 4.79 Å². The van der Waals surface area contributed by atoms with Gasteiger partial charge >= 0.3 is 0 Å². The van der Waals surface area contributed by atoms with Crippen LogP contribution < -0.4 is 11.5 Å². The van der Waals surface area contributed by atoms with Crippen LogP contribution in [-0.4, -0.2) is 33.2 Å². The summed E-state index contributed by atoms with van der Waals surface area (Å²) in [5, 5.41) is 4.27. The minimum atomic E-state index is -0.248. The molecule has 1 amide bonds. The summed E-state index contributed by atoms with van der Waals surface area (Å²) in [5.74, 6) is 0.417. The molecule has 0 aliphatic carbocycles. The molecule has 2 heterocycles. The molecule has 17 heavy (non-hydrogen) atoms. The van der Waals surface area contributed by atoms with Gasteiger partial charge in [-0.25, -0.2) is 0 Å². The Bertz CT molecular complexity index is 439. The number of anilines is 1. The van der Waals surface area contributed by atoms with Crippen LogP contribution in [0.25, 0.3) is 0 Å². The Labute approximate surface area is 101 Å². The quantitative estimate of drug-likeness (QED) is 0.759. The molecule has 1 aliphatic heterocycles. The Morgan fingerprint density at radius 3 is 2.82 bits per heavy atom. The van der Waals surface area contributed by atoms with E-state index in [0.717, 1.165) is 30.6 Å². The fourth-order valence-corrected chi connectivity index (χ4v) is 2.46. The van der Waals surface area contributed by atoms with Crippen LogP contribution in [0.15, 0.2) is 0 Å². The molecule has 0 spiro atoms. The topological polar surface area (TPSA) is 90.2 Å². The van der Waals surface area contributed by atoms with Gasteiger partial charge in [0, 0.05) is 19.2 Å². The standard InChI is InChI=1S/C11H19N5O/c1-7-8(10(12)15(2)14-7)6-16-5-3-4-9(16)11(13)17/h9H,3-6,12H2,1-2H3,(H2,13,17). The summed E-state index contributed by atoms with van der Waals surface area (Å²) in [6.45, 7) is 3.47. The van der Waals surface area contributed by atoms with Crippen molar-refractivity contribution in [3.05, 3.63) is 11.3 Å². The Balaban J connectivity index is 2.18.